The summed E-state index contributed by atoms with van der Waals surface area (Å²) >= 11 is 0. The second kappa shape index (κ2) is 7.46. The molecule has 1 atom stereocenters. The standard InChI is InChI=1S/C14H19N3O3/c1-4-5-16-12(8-15)9-20-14-7-13(17(18)19)10(2)6-11(14)3/h6-7,12,16H,4-5,9H2,1-3H3. The molecular formula is C14H19N3O3. The minimum atomic E-state index is -0.432. The van der Waals surface area contributed by atoms with E-state index in [1.165, 1.54) is 6.07 Å². The van der Waals surface area contributed by atoms with Gasteiger partial charge >= 0.3 is 0 Å². The van der Waals surface area contributed by atoms with Gasteiger partial charge in [-0.25, -0.2) is 0 Å². The number of benzene rings is 1. The van der Waals surface area contributed by atoms with Gasteiger partial charge in [0.25, 0.3) is 5.69 Å². The molecule has 0 fully saturated rings. The van der Waals surface area contributed by atoms with E-state index >= 15 is 0 Å². The van der Waals surface area contributed by atoms with Crippen LogP contribution in [0.3, 0.4) is 0 Å². The van der Waals surface area contributed by atoms with E-state index in [0.717, 1.165) is 18.5 Å². The Labute approximate surface area is 118 Å². The van der Waals surface area contributed by atoms with Crippen LogP contribution in [0.15, 0.2) is 12.1 Å². The van der Waals surface area contributed by atoms with Gasteiger partial charge in [0.15, 0.2) is 0 Å². The summed E-state index contributed by atoms with van der Waals surface area (Å²) in [5.74, 6) is 0.445. The summed E-state index contributed by atoms with van der Waals surface area (Å²) in [7, 11) is 0. The van der Waals surface area contributed by atoms with E-state index in [4.69, 9.17) is 10.00 Å². The minimum Gasteiger partial charge on any atom is -0.490 e. The highest BCUT2D eigenvalue weighted by Gasteiger charge is 2.15. The number of nitro benzene ring substituents is 1. The molecule has 1 aromatic rings. The topological polar surface area (TPSA) is 88.2 Å². The normalized spacial score (nSPS) is 11.7. The summed E-state index contributed by atoms with van der Waals surface area (Å²) in [6, 6.07) is 4.82. The number of nitrogens with one attached hydrogen (secondary N) is 1. The maximum atomic E-state index is 10.9. The molecule has 1 rings (SSSR count). The molecule has 0 radical (unpaired) electrons. The predicted octanol–water partition coefficient (Wildman–Crippen LogP) is 2.48. The van der Waals surface area contributed by atoms with Gasteiger partial charge in [0.2, 0.25) is 0 Å². The summed E-state index contributed by atoms with van der Waals surface area (Å²) in [5.41, 5.74) is 1.45. The first-order valence-electron chi connectivity index (χ1n) is 6.51. The molecule has 0 heterocycles. The van der Waals surface area contributed by atoms with E-state index in [1.807, 2.05) is 13.8 Å². The van der Waals surface area contributed by atoms with Crippen molar-refractivity contribution in [1.82, 2.24) is 5.32 Å². The molecule has 20 heavy (non-hydrogen) atoms. The van der Waals surface area contributed by atoms with Crippen LogP contribution < -0.4 is 10.1 Å². The molecule has 1 unspecified atom stereocenters. The van der Waals surface area contributed by atoms with Crippen molar-refractivity contribution < 1.29 is 9.66 Å². The van der Waals surface area contributed by atoms with Crippen molar-refractivity contribution >= 4 is 5.69 Å². The third-order valence-electron chi connectivity index (χ3n) is 2.89. The molecule has 1 aromatic carbocycles. The van der Waals surface area contributed by atoms with Crippen molar-refractivity contribution in [2.24, 2.45) is 0 Å². The monoisotopic (exact) mass is 277 g/mol. The third-order valence-corrected chi connectivity index (χ3v) is 2.89. The van der Waals surface area contributed by atoms with Crippen molar-refractivity contribution in [3.63, 3.8) is 0 Å². The molecule has 0 aliphatic rings. The quantitative estimate of drug-likeness (QED) is 0.611. The van der Waals surface area contributed by atoms with Crippen LogP contribution in [-0.2, 0) is 0 Å². The number of nitrogens with zero attached hydrogens (tertiary/aromatic N) is 2. The van der Waals surface area contributed by atoms with Gasteiger partial charge in [-0.1, -0.05) is 6.92 Å². The van der Waals surface area contributed by atoms with Crippen LogP contribution >= 0.6 is 0 Å². The fourth-order valence-electron chi connectivity index (χ4n) is 1.81. The van der Waals surface area contributed by atoms with Gasteiger partial charge in [-0.15, -0.1) is 0 Å². The first-order valence-corrected chi connectivity index (χ1v) is 6.51. The second-order valence-corrected chi connectivity index (χ2v) is 4.61. The Hall–Kier alpha value is -2.13. The van der Waals surface area contributed by atoms with Gasteiger partial charge in [-0.2, -0.15) is 5.26 Å². The largest absolute Gasteiger partial charge is 0.490 e. The molecule has 108 valence electrons. The average molecular weight is 277 g/mol. The summed E-state index contributed by atoms with van der Waals surface area (Å²) in [5, 5.41) is 22.9. The minimum absolute atomic E-state index is 0.0284. The van der Waals surface area contributed by atoms with Crippen LogP contribution in [0.1, 0.15) is 24.5 Å². The molecule has 0 amide bonds. The van der Waals surface area contributed by atoms with Crippen molar-refractivity contribution in [2.75, 3.05) is 13.2 Å². The van der Waals surface area contributed by atoms with Gasteiger partial charge < -0.3 is 4.74 Å². The van der Waals surface area contributed by atoms with Crippen molar-refractivity contribution in [1.29, 1.82) is 5.26 Å². The van der Waals surface area contributed by atoms with Gasteiger partial charge in [0.1, 0.15) is 18.4 Å². The number of hydrogen-bond donors (Lipinski definition) is 1. The van der Waals surface area contributed by atoms with Gasteiger partial charge in [-0.05, 0) is 38.4 Å². The SMILES string of the molecule is CCCNC(C#N)COc1cc([N+](=O)[O-])c(C)cc1C. The Bertz CT molecular complexity index is 523. The number of hydrogen-bond acceptors (Lipinski definition) is 5. The highest BCUT2D eigenvalue weighted by molar-refractivity contribution is 5.49. The summed E-state index contributed by atoms with van der Waals surface area (Å²) in [4.78, 5) is 10.5. The van der Waals surface area contributed by atoms with Crippen molar-refractivity contribution in [2.45, 2.75) is 33.2 Å². The van der Waals surface area contributed by atoms with Crippen LogP contribution in [0, 0.1) is 35.3 Å². The average Bonchev–Trinajstić information content (AvgIpc) is 2.40. The Morgan fingerprint density at radius 2 is 2.15 bits per heavy atom. The number of aryl methyl sites for hydroxylation is 2. The first-order chi connectivity index (χ1) is 9.49. The molecular weight excluding hydrogens is 258 g/mol. The van der Waals surface area contributed by atoms with E-state index in [2.05, 4.69) is 11.4 Å². The molecule has 6 heteroatoms. The van der Waals surface area contributed by atoms with E-state index in [0.29, 0.717) is 11.3 Å². The highest BCUT2D eigenvalue weighted by atomic mass is 16.6. The second-order valence-electron chi connectivity index (χ2n) is 4.61. The Balaban J connectivity index is 2.79. The summed E-state index contributed by atoms with van der Waals surface area (Å²) in [6.45, 7) is 6.42. The predicted molar refractivity (Wildman–Crippen MR) is 75.8 cm³/mol. The summed E-state index contributed by atoms with van der Waals surface area (Å²) in [6.07, 6.45) is 0.924. The lowest BCUT2D eigenvalue weighted by Crippen LogP contribution is -2.33. The molecule has 0 saturated carbocycles. The Kier molecular flexibility index (Phi) is 5.94. The van der Waals surface area contributed by atoms with Crippen molar-refractivity contribution in [3.8, 4) is 11.8 Å². The van der Waals surface area contributed by atoms with E-state index in [9.17, 15) is 10.1 Å². The van der Waals surface area contributed by atoms with E-state index in [1.54, 1.807) is 13.0 Å². The molecule has 0 spiro atoms. The van der Waals surface area contributed by atoms with Crippen LogP contribution in [0.2, 0.25) is 0 Å². The lowest BCUT2D eigenvalue weighted by molar-refractivity contribution is -0.385. The highest BCUT2D eigenvalue weighted by Crippen LogP contribution is 2.28. The third kappa shape index (κ3) is 4.21. The van der Waals surface area contributed by atoms with Crippen LogP contribution in [0.5, 0.6) is 5.75 Å². The van der Waals surface area contributed by atoms with Crippen molar-refractivity contribution in [3.05, 3.63) is 33.4 Å². The molecule has 6 nitrogen and oxygen atoms in total. The number of rotatable bonds is 7. The maximum absolute atomic E-state index is 10.9. The smallest absolute Gasteiger partial charge is 0.276 e. The number of ether oxygens (including phenoxy) is 1. The molecule has 0 aliphatic carbocycles. The maximum Gasteiger partial charge on any atom is 0.276 e. The zero-order valence-electron chi connectivity index (χ0n) is 12.0. The van der Waals surface area contributed by atoms with E-state index < -0.39 is 11.0 Å². The van der Waals surface area contributed by atoms with Gasteiger partial charge in [-0.3, -0.25) is 15.4 Å². The molecule has 0 bridgehead atoms. The molecule has 0 aliphatic heterocycles. The number of nitriles is 1. The Morgan fingerprint density at radius 3 is 2.70 bits per heavy atom. The van der Waals surface area contributed by atoms with Crippen LogP contribution in [0.25, 0.3) is 0 Å². The fraction of sp³-hybridized carbons (Fsp3) is 0.500. The van der Waals surface area contributed by atoms with E-state index in [-0.39, 0.29) is 12.3 Å². The molecule has 0 saturated heterocycles. The summed E-state index contributed by atoms with van der Waals surface area (Å²) < 4.78 is 5.54. The molecule has 0 aromatic heterocycles. The molecule has 1 N–H and O–H groups in total. The lowest BCUT2D eigenvalue weighted by Gasteiger charge is -2.14. The lowest BCUT2D eigenvalue weighted by atomic mass is 10.1. The Morgan fingerprint density at radius 1 is 1.45 bits per heavy atom. The van der Waals surface area contributed by atoms with Crippen LogP contribution in [0.4, 0.5) is 5.69 Å². The van der Waals surface area contributed by atoms with Gasteiger partial charge in [0, 0.05) is 5.56 Å². The van der Waals surface area contributed by atoms with Gasteiger partial charge in [0.05, 0.1) is 17.1 Å². The zero-order chi connectivity index (χ0) is 15.1. The zero-order valence-corrected chi connectivity index (χ0v) is 12.0. The van der Waals surface area contributed by atoms with Crippen LogP contribution in [-0.4, -0.2) is 24.1 Å². The fourth-order valence-corrected chi connectivity index (χ4v) is 1.81. The number of nitro groups is 1. The first kappa shape index (κ1) is 15.9.